The fraction of sp³-hybridized carbons (Fsp3) is 0.400. The molecule has 0 bridgehead atoms. The summed E-state index contributed by atoms with van der Waals surface area (Å²) in [5.41, 5.74) is 20.3. The topological polar surface area (TPSA) is 163 Å². The average molecular weight is 891 g/mol. The monoisotopic (exact) mass is 888 g/mol. The summed E-state index contributed by atoms with van der Waals surface area (Å²) in [4.78, 5) is 0. The van der Waals surface area contributed by atoms with E-state index in [4.69, 9.17) is 44.1 Å². The largest absolute Gasteiger partial charge is 0.492 e. The third-order valence-electron chi connectivity index (χ3n) is 9.77. The molecule has 0 aromatic heterocycles. The van der Waals surface area contributed by atoms with Gasteiger partial charge in [-0.3, -0.25) is 0 Å². The second kappa shape index (κ2) is 21.9. The summed E-state index contributed by atoms with van der Waals surface area (Å²) in [5.74, 6) is 1.88. The molecule has 0 spiro atoms. The van der Waals surface area contributed by atoms with Gasteiger partial charge < -0.3 is 20.9 Å². The molecule has 10 nitrogen and oxygen atoms in total. The van der Waals surface area contributed by atoms with Crippen molar-refractivity contribution in [3.63, 3.8) is 0 Å². The van der Waals surface area contributed by atoms with Crippen LogP contribution in [0.4, 0.5) is 0 Å². The van der Waals surface area contributed by atoms with E-state index in [0.29, 0.717) is 22.4 Å². The highest BCUT2D eigenvalue weighted by Gasteiger charge is 2.29. The Kier molecular flexibility index (Phi) is 18.7. The van der Waals surface area contributed by atoms with Crippen LogP contribution < -0.4 is 30.4 Å². The molecule has 2 aliphatic rings. The molecule has 4 unspecified atom stereocenters. The van der Waals surface area contributed by atoms with Crippen molar-refractivity contribution in [2.24, 2.45) is 11.5 Å². The van der Waals surface area contributed by atoms with Crippen LogP contribution in [-0.2, 0) is 45.7 Å². The van der Waals surface area contributed by atoms with Crippen LogP contribution in [0.2, 0.25) is 10.0 Å². The van der Waals surface area contributed by atoms with Crippen molar-refractivity contribution in [3.8, 4) is 11.5 Å². The van der Waals surface area contributed by atoms with Gasteiger partial charge in [0.05, 0.1) is 22.6 Å². The maximum Gasteiger partial charge on any atom is 0.208 e. The second-order valence-corrected chi connectivity index (χ2v) is 18.5. The number of halogens is 4. The van der Waals surface area contributed by atoms with E-state index in [9.17, 15) is 16.8 Å². The third-order valence-corrected chi connectivity index (χ3v) is 12.0. The van der Waals surface area contributed by atoms with E-state index in [1.807, 2.05) is 42.5 Å². The minimum Gasteiger partial charge on any atom is -0.492 e. The zero-order valence-corrected chi connectivity index (χ0v) is 36.2. The number of rotatable bonds is 14. The van der Waals surface area contributed by atoms with Gasteiger partial charge in [-0.1, -0.05) is 71.7 Å². The Bertz CT molecular complexity index is 2100. The molecule has 308 valence electrons. The SMILES string of the molecule is CS(=O)(=O)NCCOc1ccc2c(c1)C(Cc1ccc(Cl)c(Cl)c1)C(N)CC2.CS(=O)(=O)NCCOc1ccc2c(c1)C(Cc1ccccc1)C(N)CC2.Cl.Cl. The molecule has 6 rings (SSSR count). The fourth-order valence-corrected chi connectivity index (χ4v) is 8.31. The fourth-order valence-electron chi connectivity index (χ4n) is 7.08. The van der Waals surface area contributed by atoms with E-state index in [2.05, 4.69) is 51.9 Å². The highest BCUT2D eigenvalue weighted by Crippen LogP contribution is 2.38. The molecule has 16 heteroatoms. The molecule has 0 aliphatic heterocycles. The Hall–Kier alpha value is -2.62. The lowest BCUT2D eigenvalue weighted by atomic mass is 9.76. The maximum atomic E-state index is 11.1. The number of hydrogen-bond donors (Lipinski definition) is 4. The van der Waals surface area contributed by atoms with Crippen molar-refractivity contribution in [1.29, 1.82) is 0 Å². The van der Waals surface area contributed by atoms with E-state index >= 15 is 0 Å². The number of hydrogen-bond acceptors (Lipinski definition) is 8. The summed E-state index contributed by atoms with van der Waals surface area (Å²) in [6.07, 6.45) is 7.78. The summed E-state index contributed by atoms with van der Waals surface area (Å²) in [5, 5.41) is 1.08. The first kappa shape index (κ1) is 47.8. The maximum absolute atomic E-state index is 11.1. The number of ether oxygens (including phenoxy) is 2. The van der Waals surface area contributed by atoms with Gasteiger partial charge in [0, 0.05) is 37.0 Å². The van der Waals surface area contributed by atoms with Crippen molar-refractivity contribution in [2.75, 3.05) is 38.8 Å². The molecule has 6 N–H and O–H groups in total. The average Bonchev–Trinajstić information content (AvgIpc) is 3.12. The Morgan fingerprint density at radius 2 is 1.09 bits per heavy atom. The van der Waals surface area contributed by atoms with Gasteiger partial charge in [0.25, 0.3) is 0 Å². The van der Waals surface area contributed by atoms with Gasteiger partial charge in [0.1, 0.15) is 24.7 Å². The van der Waals surface area contributed by atoms with Crippen LogP contribution in [-0.4, -0.2) is 67.7 Å². The first-order valence-corrected chi connectivity index (χ1v) is 22.6. The van der Waals surface area contributed by atoms with Gasteiger partial charge in [-0.05, 0) is 108 Å². The second-order valence-electron chi connectivity index (χ2n) is 14.0. The molecule has 0 saturated carbocycles. The summed E-state index contributed by atoms with van der Waals surface area (Å²) in [7, 11) is -6.41. The zero-order chi connectivity index (χ0) is 38.9. The van der Waals surface area contributed by atoms with E-state index in [1.165, 1.54) is 27.8 Å². The Labute approximate surface area is 354 Å². The van der Waals surface area contributed by atoms with Gasteiger partial charge in [-0.2, -0.15) is 0 Å². The van der Waals surface area contributed by atoms with Gasteiger partial charge in [-0.15, -0.1) is 24.8 Å². The van der Waals surface area contributed by atoms with Crippen LogP contribution in [0.15, 0.2) is 84.9 Å². The highest BCUT2D eigenvalue weighted by atomic mass is 35.5. The van der Waals surface area contributed by atoms with Crippen LogP contribution in [0.3, 0.4) is 0 Å². The predicted octanol–water partition coefficient (Wildman–Crippen LogP) is 6.58. The molecule has 4 aromatic rings. The number of nitrogens with one attached hydrogen (secondary N) is 2. The minimum atomic E-state index is -3.22. The quantitative estimate of drug-likeness (QED) is 0.103. The molecular weight excluding hydrogens is 838 g/mol. The Balaban J connectivity index is 0.000000291. The van der Waals surface area contributed by atoms with E-state index < -0.39 is 20.0 Å². The summed E-state index contributed by atoms with van der Waals surface area (Å²) in [6.45, 7) is 1.03. The lowest BCUT2D eigenvalue weighted by Crippen LogP contribution is -2.34. The van der Waals surface area contributed by atoms with Gasteiger partial charge >= 0.3 is 0 Å². The highest BCUT2D eigenvalue weighted by molar-refractivity contribution is 7.89. The molecule has 2 aliphatic carbocycles. The molecular formula is C40H52Cl4N4O6S2. The van der Waals surface area contributed by atoms with Gasteiger partial charge in [0.2, 0.25) is 20.0 Å². The van der Waals surface area contributed by atoms with Crippen LogP contribution in [0.25, 0.3) is 0 Å². The van der Waals surface area contributed by atoms with Crippen LogP contribution in [0.1, 0.15) is 58.1 Å². The molecule has 0 radical (unpaired) electrons. The summed E-state index contributed by atoms with van der Waals surface area (Å²) in [6, 6.07) is 28.4. The van der Waals surface area contributed by atoms with E-state index in [0.717, 1.165) is 62.3 Å². The Morgan fingerprint density at radius 1 is 0.625 bits per heavy atom. The Morgan fingerprint density at radius 3 is 1.54 bits per heavy atom. The molecule has 0 heterocycles. The number of nitrogens with two attached hydrogens (primary N) is 2. The van der Waals surface area contributed by atoms with E-state index in [-0.39, 0.29) is 68.4 Å². The smallest absolute Gasteiger partial charge is 0.208 e. The van der Waals surface area contributed by atoms with Crippen LogP contribution in [0, 0.1) is 0 Å². The van der Waals surface area contributed by atoms with Crippen molar-refractivity contribution in [3.05, 3.63) is 128 Å². The normalized spacial score (nSPS) is 18.8. The number of aryl methyl sites for hydroxylation is 2. The van der Waals surface area contributed by atoms with Gasteiger partial charge in [0.15, 0.2) is 0 Å². The molecule has 4 atom stereocenters. The summed E-state index contributed by atoms with van der Waals surface area (Å²) < 4.78 is 60.8. The number of benzene rings is 4. The standard InChI is InChI=1S/C20H24Cl2N2O3S.C20H26N2O3S.2ClH/c1-28(25,26)24-8-9-27-15-5-3-14-4-7-20(23)17(16(14)12-15)10-13-2-6-18(21)19(22)11-13;1-26(23,24)22-11-12-25-17-9-7-16-8-10-20(21)19(18(16)14-17)13-15-5-3-2-4-6-15;;/h2-3,5-6,11-12,17,20,24H,4,7-10,23H2,1H3;2-7,9,14,19-20,22H,8,10-13,21H2,1H3;2*1H. The van der Waals surface area contributed by atoms with Gasteiger partial charge in [-0.25, -0.2) is 26.3 Å². The minimum absolute atomic E-state index is 0. The molecule has 56 heavy (non-hydrogen) atoms. The first-order chi connectivity index (χ1) is 25.6. The molecule has 0 amide bonds. The van der Waals surface area contributed by atoms with Crippen molar-refractivity contribution in [2.45, 2.75) is 62.4 Å². The van der Waals surface area contributed by atoms with Crippen LogP contribution in [0.5, 0.6) is 11.5 Å². The molecule has 0 saturated heterocycles. The zero-order valence-electron chi connectivity index (χ0n) is 31.5. The predicted molar refractivity (Wildman–Crippen MR) is 232 cm³/mol. The lowest BCUT2D eigenvalue weighted by Gasteiger charge is -2.32. The van der Waals surface area contributed by atoms with Crippen molar-refractivity contribution in [1.82, 2.24) is 9.44 Å². The molecule has 0 fully saturated rings. The number of sulfonamides is 2. The van der Waals surface area contributed by atoms with Crippen molar-refractivity contribution >= 4 is 68.1 Å². The summed E-state index contributed by atoms with van der Waals surface area (Å²) >= 11 is 12.2. The third kappa shape index (κ3) is 14.6. The van der Waals surface area contributed by atoms with E-state index in [1.54, 1.807) is 0 Å². The lowest BCUT2D eigenvalue weighted by molar-refractivity contribution is 0.321. The van der Waals surface area contributed by atoms with Crippen LogP contribution >= 0.6 is 48.0 Å². The molecule has 4 aromatic carbocycles. The first-order valence-electron chi connectivity index (χ1n) is 18.0. The number of fused-ring (bicyclic) bond motifs is 2. The van der Waals surface area contributed by atoms with Crippen molar-refractivity contribution < 1.29 is 26.3 Å².